The molecular formula is C16H20N2O2S. The van der Waals surface area contributed by atoms with Crippen molar-refractivity contribution in [3.8, 4) is 0 Å². The average Bonchev–Trinajstić information content (AvgIpc) is 2.86. The number of hydrogen-bond donors (Lipinski definition) is 2. The quantitative estimate of drug-likeness (QED) is 0.807. The highest BCUT2D eigenvalue weighted by atomic mass is 32.1. The summed E-state index contributed by atoms with van der Waals surface area (Å²) in [5.41, 5.74) is 0.848. The van der Waals surface area contributed by atoms with Gasteiger partial charge in [-0.1, -0.05) is 26.0 Å². The van der Waals surface area contributed by atoms with Gasteiger partial charge in [-0.2, -0.15) is 0 Å². The Kier molecular flexibility index (Phi) is 5.09. The Morgan fingerprint density at radius 3 is 2.90 bits per heavy atom. The summed E-state index contributed by atoms with van der Waals surface area (Å²) in [6.07, 6.45) is 3.90. The van der Waals surface area contributed by atoms with E-state index in [1.54, 1.807) is 17.4 Å². The molecular weight excluding hydrogens is 284 g/mol. The van der Waals surface area contributed by atoms with Gasteiger partial charge in [0.15, 0.2) is 0 Å². The van der Waals surface area contributed by atoms with Crippen LogP contribution in [0.25, 0.3) is 16.3 Å². The summed E-state index contributed by atoms with van der Waals surface area (Å²) in [7, 11) is 0. The first kappa shape index (κ1) is 15.7. The number of thiazole rings is 1. The minimum Gasteiger partial charge on any atom is -0.396 e. The molecule has 0 aliphatic heterocycles. The van der Waals surface area contributed by atoms with Crippen LogP contribution in [0.1, 0.15) is 25.3 Å². The Balaban J connectivity index is 1.93. The van der Waals surface area contributed by atoms with Crippen molar-refractivity contribution in [3.05, 3.63) is 35.3 Å². The minimum absolute atomic E-state index is 0.103. The normalized spacial score (nSPS) is 12.1. The third-order valence-electron chi connectivity index (χ3n) is 3.22. The third-order valence-corrected chi connectivity index (χ3v) is 4.22. The summed E-state index contributed by atoms with van der Waals surface area (Å²) < 4.78 is 1.11. The van der Waals surface area contributed by atoms with Crippen LogP contribution in [0.5, 0.6) is 0 Å². The lowest BCUT2D eigenvalue weighted by Crippen LogP contribution is -2.33. The van der Waals surface area contributed by atoms with E-state index in [9.17, 15) is 4.79 Å². The molecule has 2 aromatic rings. The first-order valence-corrected chi connectivity index (χ1v) is 7.74. The van der Waals surface area contributed by atoms with Crippen LogP contribution in [-0.4, -0.2) is 29.1 Å². The fraction of sp³-hybridized carbons (Fsp3) is 0.375. The zero-order chi connectivity index (χ0) is 15.3. The van der Waals surface area contributed by atoms with Crippen LogP contribution in [0, 0.1) is 5.41 Å². The molecule has 0 bridgehead atoms. The topological polar surface area (TPSA) is 62.2 Å². The highest BCUT2D eigenvalue weighted by Gasteiger charge is 2.17. The molecule has 2 N–H and O–H groups in total. The Morgan fingerprint density at radius 1 is 1.43 bits per heavy atom. The monoisotopic (exact) mass is 304 g/mol. The van der Waals surface area contributed by atoms with Crippen LogP contribution in [-0.2, 0) is 4.79 Å². The molecule has 0 aliphatic rings. The molecule has 0 fully saturated rings. The molecule has 0 radical (unpaired) electrons. The van der Waals surface area contributed by atoms with E-state index in [1.165, 1.54) is 6.08 Å². The van der Waals surface area contributed by atoms with Crippen LogP contribution in [0.15, 0.2) is 30.3 Å². The molecule has 1 amide bonds. The molecule has 1 aromatic heterocycles. The second-order valence-electron chi connectivity index (χ2n) is 5.71. The smallest absolute Gasteiger partial charge is 0.244 e. The molecule has 0 unspecified atom stereocenters. The summed E-state index contributed by atoms with van der Waals surface area (Å²) >= 11 is 1.56. The summed E-state index contributed by atoms with van der Waals surface area (Å²) in [6, 6.07) is 7.90. The number of aliphatic hydroxyl groups is 1. The van der Waals surface area contributed by atoms with E-state index >= 15 is 0 Å². The molecule has 1 aromatic carbocycles. The second kappa shape index (κ2) is 6.83. The van der Waals surface area contributed by atoms with Crippen molar-refractivity contribution in [2.24, 2.45) is 5.41 Å². The lowest BCUT2D eigenvalue weighted by atomic mass is 9.90. The highest BCUT2D eigenvalue weighted by molar-refractivity contribution is 7.19. The van der Waals surface area contributed by atoms with Gasteiger partial charge in [-0.3, -0.25) is 4.79 Å². The molecule has 5 heteroatoms. The molecule has 112 valence electrons. The van der Waals surface area contributed by atoms with E-state index in [0.717, 1.165) is 15.2 Å². The largest absolute Gasteiger partial charge is 0.396 e. The lowest BCUT2D eigenvalue weighted by molar-refractivity contribution is -0.116. The molecule has 21 heavy (non-hydrogen) atoms. The van der Waals surface area contributed by atoms with Gasteiger partial charge in [0.05, 0.1) is 10.2 Å². The number of nitrogens with one attached hydrogen (secondary N) is 1. The summed E-state index contributed by atoms with van der Waals surface area (Å²) in [5.74, 6) is -0.139. The maximum atomic E-state index is 11.8. The van der Waals surface area contributed by atoms with Crippen molar-refractivity contribution in [3.63, 3.8) is 0 Å². The number of fused-ring (bicyclic) bond motifs is 1. The Hall–Kier alpha value is -1.72. The van der Waals surface area contributed by atoms with Crippen LogP contribution in [0.3, 0.4) is 0 Å². The van der Waals surface area contributed by atoms with Crippen molar-refractivity contribution >= 4 is 33.5 Å². The van der Waals surface area contributed by atoms with Crippen molar-refractivity contribution < 1.29 is 9.90 Å². The van der Waals surface area contributed by atoms with E-state index in [-0.39, 0.29) is 17.9 Å². The van der Waals surface area contributed by atoms with Crippen molar-refractivity contribution in [2.75, 3.05) is 13.2 Å². The second-order valence-corrected chi connectivity index (χ2v) is 6.77. The van der Waals surface area contributed by atoms with Gasteiger partial charge in [-0.15, -0.1) is 11.3 Å². The Bertz CT molecular complexity index is 614. The van der Waals surface area contributed by atoms with Gasteiger partial charge in [0.2, 0.25) is 5.91 Å². The van der Waals surface area contributed by atoms with Gasteiger partial charge in [-0.05, 0) is 30.0 Å². The van der Waals surface area contributed by atoms with Crippen molar-refractivity contribution in [1.29, 1.82) is 0 Å². The first-order valence-electron chi connectivity index (χ1n) is 6.92. The van der Waals surface area contributed by atoms with Gasteiger partial charge < -0.3 is 10.4 Å². The van der Waals surface area contributed by atoms with E-state index in [1.807, 2.05) is 38.1 Å². The van der Waals surface area contributed by atoms with Crippen LogP contribution in [0.4, 0.5) is 0 Å². The summed E-state index contributed by atoms with van der Waals surface area (Å²) in [4.78, 5) is 16.2. The fourth-order valence-corrected chi connectivity index (χ4v) is 2.75. The lowest BCUT2D eigenvalue weighted by Gasteiger charge is -2.23. The molecule has 1 heterocycles. The summed E-state index contributed by atoms with van der Waals surface area (Å²) in [5, 5.41) is 12.6. The Labute approximate surface area is 128 Å². The standard InChI is InChI=1S/C16H20N2O2S/c1-16(2,9-10-19)11-17-14(20)7-8-15-18-12-5-3-4-6-13(12)21-15/h3-8,19H,9-11H2,1-2H3,(H,17,20)/b8-7+. The number of rotatable bonds is 6. The number of hydrogen-bond acceptors (Lipinski definition) is 4. The van der Waals surface area contributed by atoms with Gasteiger partial charge in [0.25, 0.3) is 0 Å². The average molecular weight is 304 g/mol. The predicted molar refractivity (Wildman–Crippen MR) is 87.1 cm³/mol. The zero-order valence-corrected chi connectivity index (χ0v) is 13.1. The van der Waals surface area contributed by atoms with E-state index in [0.29, 0.717) is 13.0 Å². The summed E-state index contributed by atoms with van der Waals surface area (Å²) in [6.45, 7) is 4.70. The molecule has 0 atom stereocenters. The van der Waals surface area contributed by atoms with E-state index in [2.05, 4.69) is 10.3 Å². The molecule has 0 aliphatic carbocycles. The van der Waals surface area contributed by atoms with Crippen LogP contribution in [0.2, 0.25) is 0 Å². The zero-order valence-electron chi connectivity index (χ0n) is 12.3. The van der Waals surface area contributed by atoms with E-state index in [4.69, 9.17) is 5.11 Å². The maximum absolute atomic E-state index is 11.8. The van der Waals surface area contributed by atoms with Gasteiger partial charge in [-0.25, -0.2) is 4.98 Å². The molecule has 0 saturated heterocycles. The predicted octanol–water partition coefficient (Wildman–Crippen LogP) is 2.83. The highest BCUT2D eigenvalue weighted by Crippen LogP contribution is 2.22. The SMILES string of the molecule is CC(C)(CCO)CNC(=O)/C=C/c1nc2ccccc2s1. The van der Waals surface area contributed by atoms with Gasteiger partial charge in [0.1, 0.15) is 5.01 Å². The first-order chi connectivity index (χ1) is 10.00. The number of para-hydroxylation sites is 1. The van der Waals surface area contributed by atoms with Crippen LogP contribution < -0.4 is 5.32 Å². The van der Waals surface area contributed by atoms with Crippen molar-refractivity contribution in [2.45, 2.75) is 20.3 Å². The fourth-order valence-electron chi connectivity index (χ4n) is 1.88. The van der Waals surface area contributed by atoms with Crippen molar-refractivity contribution in [1.82, 2.24) is 10.3 Å². The number of benzene rings is 1. The molecule has 2 rings (SSSR count). The number of carbonyl (C=O) groups is 1. The number of aliphatic hydroxyl groups excluding tert-OH is 1. The third kappa shape index (κ3) is 4.65. The van der Waals surface area contributed by atoms with E-state index < -0.39 is 0 Å². The minimum atomic E-state index is -0.139. The number of nitrogens with zero attached hydrogens (tertiary/aromatic N) is 1. The molecule has 0 saturated carbocycles. The molecule has 0 spiro atoms. The number of aromatic nitrogens is 1. The van der Waals surface area contributed by atoms with Gasteiger partial charge in [0, 0.05) is 19.2 Å². The maximum Gasteiger partial charge on any atom is 0.244 e. The number of carbonyl (C=O) groups excluding carboxylic acids is 1. The van der Waals surface area contributed by atoms with Crippen LogP contribution >= 0.6 is 11.3 Å². The van der Waals surface area contributed by atoms with Gasteiger partial charge >= 0.3 is 0 Å². The molecule has 4 nitrogen and oxygen atoms in total. The Morgan fingerprint density at radius 2 is 2.19 bits per heavy atom. The number of amides is 1.